The molecule has 1 fully saturated rings. The van der Waals surface area contributed by atoms with Crippen molar-refractivity contribution in [1.29, 1.82) is 0 Å². The molecule has 4 atom stereocenters. The lowest BCUT2D eigenvalue weighted by atomic mass is 9.79. The molecule has 1 heterocycles. The van der Waals surface area contributed by atoms with Gasteiger partial charge in [0.15, 0.2) is 11.5 Å². The third-order valence-electron chi connectivity index (χ3n) is 5.15. The Balaban J connectivity index is 1.64. The van der Waals surface area contributed by atoms with E-state index < -0.39 is 0 Å². The van der Waals surface area contributed by atoms with Crippen LogP contribution in [0.5, 0.6) is 11.5 Å². The van der Waals surface area contributed by atoms with Crippen molar-refractivity contribution in [2.75, 3.05) is 13.2 Å². The third kappa shape index (κ3) is 3.34. The first-order valence-corrected chi connectivity index (χ1v) is 8.29. The van der Waals surface area contributed by atoms with E-state index in [0.29, 0.717) is 25.3 Å². The first kappa shape index (κ1) is 14.7. The van der Waals surface area contributed by atoms with Crippen molar-refractivity contribution in [2.24, 2.45) is 11.8 Å². The number of rotatable bonds is 3. The van der Waals surface area contributed by atoms with Crippen LogP contribution in [0, 0.1) is 11.8 Å². The van der Waals surface area contributed by atoms with Gasteiger partial charge in [-0.25, -0.2) is 0 Å². The first-order valence-electron chi connectivity index (χ1n) is 8.29. The van der Waals surface area contributed by atoms with Crippen LogP contribution >= 0.6 is 0 Å². The molecule has 21 heavy (non-hydrogen) atoms. The number of ether oxygens (including phenoxy) is 2. The van der Waals surface area contributed by atoms with Crippen molar-refractivity contribution in [2.45, 2.75) is 52.1 Å². The van der Waals surface area contributed by atoms with Gasteiger partial charge in [0, 0.05) is 12.1 Å². The summed E-state index contributed by atoms with van der Waals surface area (Å²) >= 11 is 0. The summed E-state index contributed by atoms with van der Waals surface area (Å²) in [4.78, 5) is 0. The summed E-state index contributed by atoms with van der Waals surface area (Å²) in [5, 5.41) is 3.80. The van der Waals surface area contributed by atoms with E-state index in [9.17, 15) is 0 Å². The molecule has 3 rings (SSSR count). The summed E-state index contributed by atoms with van der Waals surface area (Å²) in [7, 11) is 0. The smallest absolute Gasteiger partial charge is 0.161 e. The van der Waals surface area contributed by atoms with Crippen LogP contribution in [0.25, 0.3) is 0 Å². The average molecular weight is 289 g/mol. The lowest BCUT2D eigenvalue weighted by Gasteiger charge is -2.34. The van der Waals surface area contributed by atoms with Gasteiger partial charge in [0.2, 0.25) is 0 Å². The highest BCUT2D eigenvalue weighted by molar-refractivity contribution is 5.44. The van der Waals surface area contributed by atoms with E-state index in [2.05, 4.69) is 38.2 Å². The van der Waals surface area contributed by atoms with Crippen molar-refractivity contribution in [1.82, 2.24) is 5.32 Å². The number of fused-ring (bicyclic) bond motifs is 1. The van der Waals surface area contributed by atoms with Gasteiger partial charge in [0.1, 0.15) is 13.2 Å². The SMILES string of the molecule is CC(NC1CCC(C)C(C)C1)c1ccc2c(c1)OCCO2. The minimum Gasteiger partial charge on any atom is -0.486 e. The Kier molecular flexibility index (Phi) is 4.39. The maximum Gasteiger partial charge on any atom is 0.161 e. The molecule has 2 aliphatic rings. The second-order valence-electron chi connectivity index (χ2n) is 6.76. The van der Waals surface area contributed by atoms with E-state index in [0.717, 1.165) is 23.3 Å². The van der Waals surface area contributed by atoms with Crippen molar-refractivity contribution < 1.29 is 9.47 Å². The highest BCUT2D eigenvalue weighted by Gasteiger charge is 2.25. The Morgan fingerprint density at radius 2 is 1.81 bits per heavy atom. The fourth-order valence-corrected chi connectivity index (χ4v) is 3.48. The van der Waals surface area contributed by atoms with E-state index in [-0.39, 0.29) is 0 Å². The van der Waals surface area contributed by atoms with Gasteiger partial charge in [0.05, 0.1) is 0 Å². The van der Waals surface area contributed by atoms with Crippen LogP contribution in [0.3, 0.4) is 0 Å². The molecule has 0 aromatic heterocycles. The van der Waals surface area contributed by atoms with E-state index in [1.807, 2.05) is 6.07 Å². The number of hydrogen-bond donors (Lipinski definition) is 1. The molecule has 1 N–H and O–H groups in total. The monoisotopic (exact) mass is 289 g/mol. The average Bonchev–Trinajstić information content (AvgIpc) is 2.50. The molecule has 116 valence electrons. The van der Waals surface area contributed by atoms with Crippen LogP contribution in [0.2, 0.25) is 0 Å². The predicted molar refractivity (Wildman–Crippen MR) is 84.9 cm³/mol. The summed E-state index contributed by atoms with van der Waals surface area (Å²) in [6, 6.07) is 7.31. The molecule has 0 spiro atoms. The van der Waals surface area contributed by atoms with E-state index in [4.69, 9.17) is 9.47 Å². The third-order valence-corrected chi connectivity index (χ3v) is 5.15. The Morgan fingerprint density at radius 1 is 1.05 bits per heavy atom. The van der Waals surface area contributed by atoms with Crippen LogP contribution in [0.4, 0.5) is 0 Å². The summed E-state index contributed by atoms with van der Waals surface area (Å²) in [5.74, 6) is 3.45. The lowest BCUT2D eigenvalue weighted by Crippen LogP contribution is -2.37. The molecule has 0 amide bonds. The largest absolute Gasteiger partial charge is 0.486 e. The van der Waals surface area contributed by atoms with Gasteiger partial charge in [-0.15, -0.1) is 0 Å². The number of nitrogens with one attached hydrogen (secondary N) is 1. The molecule has 4 unspecified atom stereocenters. The molecule has 1 aliphatic heterocycles. The van der Waals surface area contributed by atoms with Crippen LogP contribution in [0.15, 0.2) is 18.2 Å². The normalized spacial score (nSPS) is 30.0. The molecule has 0 bridgehead atoms. The fourth-order valence-electron chi connectivity index (χ4n) is 3.48. The Bertz CT molecular complexity index is 488. The molecule has 3 nitrogen and oxygen atoms in total. The van der Waals surface area contributed by atoms with E-state index in [1.54, 1.807) is 0 Å². The second kappa shape index (κ2) is 6.27. The highest BCUT2D eigenvalue weighted by atomic mass is 16.6. The van der Waals surface area contributed by atoms with Gasteiger partial charge < -0.3 is 14.8 Å². The maximum atomic E-state index is 5.68. The Morgan fingerprint density at radius 3 is 2.57 bits per heavy atom. The van der Waals surface area contributed by atoms with Crippen molar-refractivity contribution in [3.63, 3.8) is 0 Å². The molecule has 1 saturated carbocycles. The van der Waals surface area contributed by atoms with Crippen molar-refractivity contribution >= 4 is 0 Å². The van der Waals surface area contributed by atoms with Gasteiger partial charge in [-0.1, -0.05) is 19.9 Å². The van der Waals surface area contributed by atoms with Crippen LogP contribution in [-0.4, -0.2) is 19.3 Å². The summed E-state index contributed by atoms with van der Waals surface area (Å²) in [6.45, 7) is 8.31. The molecule has 0 saturated heterocycles. The lowest BCUT2D eigenvalue weighted by molar-refractivity contribution is 0.171. The zero-order valence-electron chi connectivity index (χ0n) is 13.4. The topological polar surface area (TPSA) is 30.5 Å². The predicted octanol–water partition coefficient (Wildman–Crippen LogP) is 3.93. The maximum absolute atomic E-state index is 5.68. The quantitative estimate of drug-likeness (QED) is 0.914. The Labute approximate surface area is 128 Å². The van der Waals surface area contributed by atoms with Crippen LogP contribution < -0.4 is 14.8 Å². The summed E-state index contributed by atoms with van der Waals surface area (Å²) in [6.07, 6.45) is 3.92. The van der Waals surface area contributed by atoms with Gasteiger partial charge >= 0.3 is 0 Å². The van der Waals surface area contributed by atoms with E-state index in [1.165, 1.54) is 24.8 Å². The number of benzene rings is 1. The number of hydrogen-bond acceptors (Lipinski definition) is 3. The minimum atomic E-state index is 0.353. The molecular formula is C18H27NO2. The van der Waals surface area contributed by atoms with E-state index >= 15 is 0 Å². The summed E-state index contributed by atoms with van der Waals surface area (Å²) in [5.41, 5.74) is 1.28. The second-order valence-corrected chi connectivity index (χ2v) is 6.76. The zero-order valence-corrected chi connectivity index (χ0v) is 13.4. The molecule has 1 aliphatic carbocycles. The van der Waals surface area contributed by atoms with Crippen molar-refractivity contribution in [3.05, 3.63) is 23.8 Å². The first-order chi connectivity index (χ1) is 10.1. The summed E-state index contributed by atoms with van der Waals surface area (Å²) < 4.78 is 11.3. The van der Waals surface area contributed by atoms with Crippen LogP contribution in [-0.2, 0) is 0 Å². The fraction of sp³-hybridized carbons (Fsp3) is 0.667. The molecular weight excluding hydrogens is 262 g/mol. The van der Waals surface area contributed by atoms with Crippen LogP contribution in [0.1, 0.15) is 51.6 Å². The van der Waals surface area contributed by atoms with Gasteiger partial charge in [-0.2, -0.15) is 0 Å². The van der Waals surface area contributed by atoms with Gasteiger partial charge in [-0.05, 0) is 55.7 Å². The minimum absolute atomic E-state index is 0.353. The standard InChI is InChI=1S/C18H27NO2/c1-12-4-6-16(10-13(12)2)19-14(3)15-5-7-17-18(11-15)21-9-8-20-17/h5,7,11-14,16,19H,4,6,8-10H2,1-3H3. The van der Waals surface area contributed by atoms with Gasteiger partial charge in [-0.3, -0.25) is 0 Å². The molecule has 3 heteroatoms. The Hall–Kier alpha value is -1.22. The molecule has 1 aromatic carbocycles. The van der Waals surface area contributed by atoms with Crippen molar-refractivity contribution in [3.8, 4) is 11.5 Å². The zero-order chi connectivity index (χ0) is 14.8. The highest BCUT2D eigenvalue weighted by Crippen LogP contribution is 2.34. The molecule has 0 radical (unpaired) electrons. The van der Waals surface area contributed by atoms with Gasteiger partial charge in [0.25, 0.3) is 0 Å². The molecule has 1 aromatic rings.